The maximum atomic E-state index is 15.0. The molecule has 0 saturated heterocycles. The Morgan fingerprint density at radius 1 is 1.12 bits per heavy atom. The van der Waals surface area contributed by atoms with Crippen molar-refractivity contribution in [1.29, 1.82) is 0 Å². The van der Waals surface area contributed by atoms with Gasteiger partial charge < -0.3 is 15.3 Å². The van der Waals surface area contributed by atoms with Crippen molar-refractivity contribution < 1.29 is 42.3 Å². The number of nitrogens with one attached hydrogen (secondary N) is 2. The molecule has 0 bridgehead atoms. The van der Waals surface area contributed by atoms with Crippen LogP contribution in [-0.2, 0) is 25.8 Å². The lowest BCUT2D eigenvalue weighted by atomic mass is 10.1. The molecule has 0 fully saturated rings. The number of carbonyl (C=O) groups excluding carboxylic acids is 3. The largest absolute Gasteiger partial charge is 0.394 e. The number of amides is 2. The molecule has 2 aromatic rings. The number of nitrogens with zero attached hydrogens (tertiary/aromatic N) is 1. The number of aliphatic hydroxyl groups excluding tert-OH is 1. The molecule has 0 aliphatic heterocycles. The number of hydroxylamine groups is 3. The highest BCUT2D eigenvalue weighted by molar-refractivity contribution is 14.1. The van der Waals surface area contributed by atoms with E-state index in [0.29, 0.717) is 8.63 Å². The van der Waals surface area contributed by atoms with Gasteiger partial charge >= 0.3 is 5.97 Å². The smallest absolute Gasteiger partial charge is 0.329 e. The fourth-order valence-electron chi connectivity index (χ4n) is 2.56. The fourth-order valence-corrected chi connectivity index (χ4v) is 3.01. The zero-order valence-corrected chi connectivity index (χ0v) is 19.5. The first kappa shape index (κ1) is 26.3. The number of hydrogen-bond donors (Lipinski definition) is 3. The van der Waals surface area contributed by atoms with Crippen molar-refractivity contribution in [2.45, 2.75) is 20.4 Å². The third kappa shape index (κ3) is 7.03. The van der Waals surface area contributed by atoms with Gasteiger partial charge in [-0.1, -0.05) is 0 Å². The van der Waals surface area contributed by atoms with Gasteiger partial charge in [0.25, 0.3) is 11.8 Å². The van der Waals surface area contributed by atoms with E-state index in [2.05, 4.69) is 10.2 Å². The topological polar surface area (TPSA) is 117 Å². The molecule has 2 aromatic carbocycles. The molecule has 0 aliphatic rings. The molecule has 33 heavy (non-hydrogen) atoms. The van der Waals surface area contributed by atoms with Crippen LogP contribution < -0.4 is 10.8 Å². The SMILES string of the molecule is CC(=O)ON(Cc1cc(C(=O)NOCCO)c(Nc2ccc(I)cc2F)c(F)c1F)C(C)=O. The van der Waals surface area contributed by atoms with E-state index in [1.165, 1.54) is 12.1 Å². The van der Waals surface area contributed by atoms with Crippen molar-refractivity contribution in [3.05, 3.63) is 56.4 Å². The molecule has 0 saturated carbocycles. The molecule has 2 amide bonds. The number of aliphatic hydroxyl groups is 1. The average molecular weight is 581 g/mol. The standard InChI is InChI=1S/C20H19F3IN3O6/c1-10(29)27(33-11(2)30)9-12-7-14(20(31)26-32-6-5-28)19(18(23)17(12)22)25-16-4-3-13(24)8-15(16)21/h3-4,7-8,25,28H,5-6,9H2,1-2H3,(H,26,31). The molecule has 0 spiro atoms. The van der Waals surface area contributed by atoms with Gasteiger partial charge in [-0.15, -0.1) is 0 Å². The maximum Gasteiger partial charge on any atom is 0.329 e. The van der Waals surface area contributed by atoms with Gasteiger partial charge in [0.15, 0.2) is 11.6 Å². The van der Waals surface area contributed by atoms with Crippen LogP contribution in [0.25, 0.3) is 0 Å². The Hall–Kier alpha value is -2.91. The van der Waals surface area contributed by atoms with Crippen LogP contribution >= 0.6 is 22.6 Å². The molecule has 3 N–H and O–H groups in total. The van der Waals surface area contributed by atoms with Crippen LogP contribution in [0.4, 0.5) is 24.5 Å². The minimum absolute atomic E-state index is 0.239. The monoisotopic (exact) mass is 581 g/mol. The van der Waals surface area contributed by atoms with Gasteiger partial charge in [0.1, 0.15) is 5.82 Å². The van der Waals surface area contributed by atoms with Crippen LogP contribution in [0.15, 0.2) is 24.3 Å². The van der Waals surface area contributed by atoms with Gasteiger partial charge in [0, 0.05) is 23.0 Å². The summed E-state index contributed by atoms with van der Waals surface area (Å²) >= 11 is 1.86. The second-order valence-corrected chi connectivity index (χ2v) is 7.72. The van der Waals surface area contributed by atoms with Crippen LogP contribution in [0, 0.1) is 21.0 Å². The molecular formula is C20H19F3IN3O6. The first-order chi connectivity index (χ1) is 15.5. The molecule has 0 unspecified atom stereocenters. The van der Waals surface area contributed by atoms with Crippen molar-refractivity contribution in [1.82, 2.24) is 10.5 Å². The summed E-state index contributed by atoms with van der Waals surface area (Å²) in [6.07, 6.45) is 0. The highest BCUT2D eigenvalue weighted by Crippen LogP contribution is 2.31. The molecule has 0 heterocycles. The van der Waals surface area contributed by atoms with E-state index in [9.17, 15) is 23.2 Å². The number of rotatable bonds is 8. The van der Waals surface area contributed by atoms with E-state index in [1.807, 2.05) is 28.1 Å². The van der Waals surface area contributed by atoms with Crippen LogP contribution in [0.3, 0.4) is 0 Å². The second-order valence-electron chi connectivity index (χ2n) is 6.48. The highest BCUT2D eigenvalue weighted by atomic mass is 127. The van der Waals surface area contributed by atoms with Crippen LogP contribution in [0.2, 0.25) is 0 Å². The van der Waals surface area contributed by atoms with Crippen molar-refractivity contribution >= 4 is 51.7 Å². The van der Waals surface area contributed by atoms with E-state index >= 15 is 4.39 Å². The lowest BCUT2D eigenvalue weighted by Crippen LogP contribution is -2.31. The van der Waals surface area contributed by atoms with Crippen molar-refractivity contribution in [2.24, 2.45) is 0 Å². The fraction of sp³-hybridized carbons (Fsp3) is 0.250. The molecule has 0 aliphatic carbocycles. The summed E-state index contributed by atoms with van der Waals surface area (Å²) < 4.78 is 44.7. The second kappa shape index (κ2) is 11.8. The normalized spacial score (nSPS) is 10.5. The summed E-state index contributed by atoms with van der Waals surface area (Å²) in [4.78, 5) is 44.9. The van der Waals surface area contributed by atoms with Gasteiger partial charge in [-0.2, -0.15) is 5.06 Å². The molecule has 0 atom stereocenters. The summed E-state index contributed by atoms with van der Waals surface area (Å²) in [5.74, 6) is -6.52. The summed E-state index contributed by atoms with van der Waals surface area (Å²) in [7, 11) is 0. The van der Waals surface area contributed by atoms with E-state index in [1.54, 1.807) is 0 Å². The lowest BCUT2D eigenvalue weighted by molar-refractivity contribution is -0.197. The third-order valence-corrected chi connectivity index (χ3v) is 4.65. The Kier molecular flexibility index (Phi) is 9.43. The van der Waals surface area contributed by atoms with Gasteiger partial charge in [-0.05, 0) is 46.9 Å². The predicted octanol–water partition coefficient (Wildman–Crippen LogP) is 2.93. The maximum absolute atomic E-state index is 15.0. The first-order valence-electron chi connectivity index (χ1n) is 9.27. The zero-order valence-electron chi connectivity index (χ0n) is 17.4. The summed E-state index contributed by atoms with van der Waals surface area (Å²) in [5, 5.41) is 11.6. The van der Waals surface area contributed by atoms with Crippen molar-refractivity contribution in [3.63, 3.8) is 0 Å². The van der Waals surface area contributed by atoms with Crippen molar-refractivity contribution in [2.75, 3.05) is 18.5 Å². The van der Waals surface area contributed by atoms with Crippen LogP contribution in [0.1, 0.15) is 29.8 Å². The molecular weight excluding hydrogens is 562 g/mol. The minimum Gasteiger partial charge on any atom is -0.394 e. The summed E-state index contributed by atoms with van der Waals surface area (Å²) in [6.45, 7) is 0.600. The minimum atomic E-state index is -1.55. The summed E-state index contributed by atoms with van der Waals surface area (Å²) in [6, 6.07) is 4.80. The van der Waals surface area contributed by atoms with Gasteiger partial charge in [-0.25, -0.2) is 18.7 Å². The number of carbonyl (C=O) groups is 3. The Labute approximate surface area is 199 Å². The molecule has 0 radical (unpaired) electrons. The Morgan fingerprint density at radius 2 is 1.82 bits per heavy atom. The van der Waals surface area contributed by atoms with Crippen LogP contribution in [-0.4, -0.2) is 41.2 Å². The Morgan fingerprint density at radius 3 is 2.39 bits per heavy atom. The number of benzene rings is 2. The number of halogens is 4. The molecule has 9 nitrogen and oxygen atoms in total. The van der Waals surface area contributed by atoms with Crippen LogP contribution in [0.5, 0.6) is 0 Å². The van der Waals surface area contributed by atoms with E-state index in [4.69, 9.17) is 9.94 Å². The van der Waals surface area contributed by atoms with E-state index < -0.39 is 65.2 Å². The predicted molar refractivity (Wildman–Crippen MR) is 117 cm³/mol. The molecule has 178 valence electrons. The van der Waals surface area contributed by atoms with Gasteiger partial charge in [0.2, 0.25) is 0 Å². The third-order valence-electron chi connectivity index (χ3n) is 3.98. The first-order valence-corrected chi connectivity index (χ1v) is 10.4. The zero-order chi connectivity index (χ0) is 24.7. The van der Waals surface area contributed by atoms with Gasteiger partial charge in [-0.3, -0.25) is 19.2 Å². The van der Waals surface area contributed by atoms with Crippen molar-refractivity contribution in [3.8, 4) is 0 Å². The number of hydrogen-bond acceptors (Lipinski definition) is 7. The van der Waals surface area contributed by atoms with E-state index in [-0.39, 0.29) is 12.3 Å². The Bertz CT molecular complexity index is 1070. The summed E-state index contributed by atoms with van der Waals surface area (Å²) in [5.41, 5.74) is -0.0186. The lowest BCUT2D eigenvalue weighted by Gasteiger charge is -2.21. The van der Waals surface area contributed by atoms with E-state index in [0.717, 1.165) is 26.0 Å². The van der Waals surface area contributed by atoms with Gasteiger partial charge in [0.05, 0.1) is 36.7 Å². The quantitative estimate of drug-likeness (QED) is 0.250. The molecule has 0 aromatic heterocycles. The molecule has 2 rings (SSSR count). The molecule has 13 heteroatoms. The highest BCUT2D eigenvalue weighted by Gasteiger charge is 2.26. The average Bonchev–Trinajstić information content (AvgIpc) is 2.73. The Balaban J connectivity index is 2.55. The number of anilines is 2.